The summed E-state index contributed by atoms with van der Waals surface area (Å²) in [6.45, 7) is 3.80. The summed E-state index contributed by atoms with van der Waals surface area (Å²) < 4.78 is 16.2. The Hall–Kier alpha value is -2.45. The maximum Gasteiger partial charge on any atom is 0.239 e. The summed E-state index contributed by atoms with van der Waals surface area (Å²) in [5, 5.41) is 10.00. The van der Waals surface area contributed by atoms with Crippen molar-refractivity contribution in [2.24, 2.45) is 0 Å². The Morgan fingerprint density at radius 3 is 2.84 bits per heavy atom. The van der Waals surface area contributed by atoms with Crippen LogP contribution in [0.25, 0.3) is 0 Å². The van der Waals surface area contributed by atoms with Gasteiger partial charge in [-0.25, -0.2) is 4.63 Å². The van der Waals surface area contributed by atoms with Gasteiger partial charge >= 0.3 is 0 Å². The van der Waals surface area contributed by atoms with Gasteiger partial charge in [0.1, 0.15) is 23.7 Å². The van der Waals surface area contributed by atoms with Crippen molar-refractivity contribution in [2.75, 3.05) is 38.7 Å². The first kappa shape index (κ1) is 17.4. The van der Waals surface area contributed by atoms with Crippen molar-refractivity contribution >= 4 is 11.7 Å². The van der Waals surface area contributed by atoms with Crippen LogP contribution in [0, 0.1) is 6.92 Å². The van der Waals surface area contributed by atoms with Crippen LogP contribution >= 0.6 is 0 Å². The Morgan fingerprint density at radius 1 is 1.36 bits per heavy atom. The number of hydrogen-bond donors (Lipinski definition) is 1. The van der Waals surface area contributed by atoms with Crippen LogP contribution in [-0.4, -0.2) is 60.1 Å². The van der Waals surface area contributed by atoms with Crippen LogP contribution in [0.4, 0.5) is 5.82 Å². The molecular weight excluding hydrogens is 324 g/mol. The first-order chi connectivity index (χ1) is 12.1. The van der Waals surface area contributed by atoms with Gasteiger partial charge in [0, 0.05) is 20.2 Å². The number of carbonyl (C=O) groups is 1. The monoisotopic (exact) mass is 346 g/mol. The topological polar surface area (TPSA) is 89.7 Å². The lowest BCUT2D eigenvalue weighted by molar-refractivity contribution is -0.117. The second-order valence-electron chi connectivity index (χ2n) is 6.20. The normalized spacial score (nSPS) is 20.6. The van der Waals surface area contributed by atoms with Gasteiger partial charge in [-0.2, -0.15) is 0 Å². The molecule has 134 valence electrons. The molecule has 8 heteroatoms. The minimum absolute atomic E-state index is 0.158. The maximum absolute atomic E-state index is 12.2. The number of methoxy groups -OCH3 is 1. The predicted molar refractivity (Wildman–Crippen MR) is 90.4 cm³/mol. The minimum atomic E-state index is -0.415. The summed E-state index contributed by atoms with van der Waals surface area (Å²) in [6.07, 6.45) is 0.800. The van der Waals surface area contributed by atoms with E-state index < -0.39 is 5.60 Å². The van der Waals surface area contributed by atoms with Crippen LogP contribution < -0.4 is 10.1 Å². The number of nitrogens with one attached hydrogen (secondary N) is 1. The number of ether oxygens (including phenoxy) is 2. The molecule has 8 nitrogen and oxygen atoms in total. The fraction of sp³-hybridized carbons (Fsp3) is 0.471. The Balaban J connectivity index is 1.52. The van der Waals surface area contributed by atoms with Crippen molar-refractivity contribution in [3.05, 3.63) is 36.0 Å². The number of anilines is 1. The van der Waals surface area contributed by atoms with Crippen molar-refractivity contribution in [3.8, 4) is 5.75 Å². The maximum atomic E-state index is 12.2. The van der Waals surface area contributed by atoms with Gasteiger partial charge in [0.05, 0.1) is 6.54 Å². The van der Waals surface area contributed by atoms with Gasteiger partial charge in [0.15, 0.2) is 5.82 Å². The standard InChI is InChI=1S/C17H22N4O4/c1-13-16(20-25-19-13)18-15(22)10-21-9-8-17(11-21,23-2)12-24-14-6-4-3-5-7-14/h3-7H,8-12H2,1-2H3,(H,18,20,22)/t17-/m0/s1. The van der Waals surface area contributed by atoms with Gasteiger partial charge in [0.25, 0.3) is 0 Å². The molecule has 1 aliphatic heterocycles. The van der Waals surface area contributed by atoms with E-state index in [1.54, 1.807) is 14.0 Å². The quantitative estimate of drug-likeness (QED) is 0.812. The van der Waals surface area contributed by atoms with E-state index in [0.29, 0.717) is 24.7 Å². The summed E-state index contributed by atoms with van der Waals surface area (Å²) in [7, 11) is 1.68. The summed E-state index contributed by atoms with van der Waals surface area (Å²) in [5.74, 6) is 1.01. The number of amides is 1. The van der Waals surface area contributed by atoms with Crippen LogP contribution in [0.15, 0.2) is 35.0 Å². The zero-order chi connectivity index (χ0) is 17.7. The molecule has 1 atom stereocenters. The summed E-state index contributed by atoms with van der Waals surface area (Å²) in [4.78, 5) is 14.2. The molecular formula is C17H22N4O4. The van der Waals surface area contributed by atoms with Crippen molar-refractivity contribution < 1.29 is 18.9 Å². The number of carbonyl (C=O) groups excluding carboxylic acids is 1. The van der Waals surface area contributed by atoms with E-state index in [9.17, 15) is 4.79 Å². The van der Waals surface area contributed by atoms with E-state index in [1.807, 2.05) is 35.2 Å². The number of likely N-dealkylation sites (tertiary alicyclic amines) is 1. The molecule has 0 bridgehead atoms. The van der Waals surface area contributed by atoms with Crippen molar-refractivity contribution in [1.29, 1.82) is 0 Å². The number of hydrogen-bond acceptors (Lipinski definition) is 7. The third-order valence-corrected chi connectivity index (χ3v) is 4.35. The fourth-order valence-electron chi connectivity index (χ4n) is 2.86. The van der Waals surface area contributed by atoms with Gasteiger partial charge in [-0.1, -0.05) is 23.4 Å². The average Bonchev–Trinajstić information content (AvgIpc) is 3.21. The first-order valence-corrected chi connectivity index (χ1v) is 8.15. The molecule has 1 amide bonds. The highest BCUT2D eigenvalue weighted by molar-refractivity contribution is 5.91. The van der Waals surface area contributed by atoms with Crippen molar-refractivity contribution in [1.82, 2.24) is 15.2 Å². The highest BCUT2D eigenvalue weighted by Crippen LogP contribution is 2.26. The first-order valence-electron chi connectivity index (χ1n) is 8.15. The van der Waals surface area contributed by atoms with E-state index in [2.05, 4.69) is 20.3 Å². The van der Waals surface area contributed by atoms with Crippen LogP contribution in [-0.2, 0) is 9.53 Å². The number of rotatable bonds is 7. The lowest BCUT2D eigenvalue weighted by atomic mass is 10.0. The largest absolute Gasteiger partial charge is 0.491 e. The highest BCUT2D eigenvalue weighted by atomic mass is 16.6. The highest BCUT2D eigenvalue weighted by Gasteiger charge is 2.39. The van der Waals surface area contributed by atoms with Crippen molar-refractivity contribution in [3.63, 3.8) is 0 Å². The molecule has 0 aliphatic carbocycles. The molecule has 0 spiro atoms. The van der Waals surface area contributed by atoms with Gasteiger partial charge in [-0.05, 0) is 30.6 Å². The zero-order valence-electron chi connectivity index (χ0n) is 14.4. The van der Waals surface area contributed by atoms with E-state index in [4.69, 9.17) is 9.47 Å². The Bertz CT molecular complexity index is 706. The predicted octanol–water partition coefficient (Wildman–Crippen LogP) is 1.49. The third kappa shape index (κ3) is 4.34. The number of aryl methyl sites for hydroxylation is 1. The molecule has 1 aliphatic rings. The SMILES string of the molecule is CO[C@@]1(COc2ccccc2)CCN(CC(=O)Nc2nonc2C)C1. The van der Waals surface area contributed by atoms with E-state index in [1.165, 1.54) is 0 Å². The summed E-state index contributed by atoms with van der Waals surface area (Å²) >= 11 is 0. The van der Waals surface area contributed by atoms with Gasteiger partial charge < -0.3 is 14.8 Å². The molecule has 0 radical (unpaired) electrons. The minimum Gasteiger partial charge on any atom is -0.491 e. The molecule has 1 aromatic heterocycles. The molecule has 3 rings (SSSR count). The van der Waals surface area contributed by atoms with E-state index >= 15 is 0 Å². The number of nitrogens with zero attached hydrogens (tertiary/aromatic N) is 3. The van der Waals surface area contributed by atoms with Crippen LogP contribution in [0.2, 0.25) is 0 Å². The number of aromatic nitrogens is 2. The van der Waals surface area contributed by atoms with Crippen LogP contribution in [0.1, 0.15) is 12.1 Å². The zero-order valence-corrected chi connectivity index (χ0v) is 14.4. The molecule has 2 heterocycles. The smallest absolute Gasteiger partial charge is 0.239 e. The summed E-state index contributed by atoms with van der Waals surface area (Å²) in [6, 6.07) is 9.64. The van der Waals surface area contributed by atoms with Gasteiger partial charge in [-0.3, -0.25) is 9.69 Å². The lowest BCUT2D eigenvalue weighted by Crippen LogP contribution is -2.42. The van der Waals surface area contributed by atoms with Gasteiger partial charge in [-0.15, -0.1) is 0 Å². The number of benzene rings is 1. The summed E-state index contributed by atoms with van der Waals surface area (Å²) in [5.41, 5.74) is 0.138. The molecule has 1 fully saturated rings. The second-order valence-corrected chi connectivity index (χ2v) is 6.20. The Morgan fingerprint density at radius 2 is 2.16 bits per heavy atom. The molecule has 25 heavy (non-hydrogen) atoms. The van der Waals surface area contributed by atoms with Crippen LogP contribution in [0.3, 0.4) is 0 Å². The second kappa shape index (κ2) is 7.62. The average molecular weight is 346 g/mol. The molecule has 0 saturated carbocycles. The van der Waals surface area contributed by atoms with Crippen molar-refractivity contribution in [2.45, 2.75) is 18.9 Å². The van der Waals surface area contributed by atoms with E-state index in [-0.39, 0.29) is 12.5 Å². The Kier molecular flexibility index (Phi) is 5.30. The Labute approximate surface area is 146 Å². The fourth-order valence-corrected chi connectivity index (χ4v) is 2.86. The molecule has 1 saturated heterocycles. The molecule has 1 aromatic carbocycles. The van der Waals surface area contributed by atoms with Gasteiger partial charge in [0.2, 0.25) is 5.91 Å². The molecule has 0 unspecified atom stereocenters. The van der Waals surface area contributed by atoms with Crippen LogP contribution in [0.5, 0.6) is 5.75 Å². The molecule has 1 N–H and O–H groups in total. The lowest BCUT2D eigenvalue weighted by Gasteiger charge is -2.28. The third-order valence-electron chi connectivity index (χ3n) is 4.35. The van der Waals surface area contributed by atoms with E-state index in [0.717, 1.165) is 18.7 Å². The molecule has 2 aromatic rings. The number of para-hydroxylation sites is 1.